The first-order valence-corrected chi connectivity index (χ1v) is 6.44. The van der Waals surface area contributed by atoms with E-state index in [1.807, 2.05) is 0 Å². The highest BCUT2D eigenvalue weighted by atomic mass is 16.4. The van der Waals surface area contributed by atoms with Gasteiger partial charge in [0.15, 0.2) is 0 Å². The smallest absolute Gasteiger partial charge is 0.317 e. The molecular weight excluding hydrogens is 250 g/mol. The summed E-state index contributed by atoms with van der Waals surface area (Å²) >= 11 is 0. The summed E-state index contributed by atoms with van der Waals surface area (Å²) in [4.78, 5) is 34.8. The Balaban J connectivity index is 2.32. The van der Waals surface area contributed by atoms with Crippen molar-refractivity contribution in [3.63, 3.8) is 0 Å². The van der Waals surface area contributed by atoms with Crippen molar-refractivity contribution in [2.75, 3.05) is 13.1 Å². The molecule has 1 aliphatic rings. The van der Waals surface area contributed by atoms with Crippen molar-refractivity contribution in [3.05, 3.63) is 0 Å². The lowest BCUT2D eigenvalue weighted by molar-refractivity contribution is -0.138. The van der Waals surface area contributed by atoms with Crippen molar-refractivity contribution in [1.82, 2.24) is 10.2 Å². The van der Waals surface area contributed by atoms with Gasteiger partial charge in [-0.05, 0) is 25.7 Å². The SMILES string of the molecule is CC(CC(N)=O)NC(=O)N1CCC(CC(=O)O)CC1. The monoisotopic (exact) mass is 271 g/mol. The normalized spacial score (nSPS) is 17.8. The first-order chi connectivity index (χ1) is 8.88. The van der Waals surface area contributed by atoms with Gasteiger partial charge in [-0.15, -0.1) is 0 Å². The molecule has 1 saturated heterocycles. The number of carbonyl (C=O) groups is 3. The summed E-state index contributed by atoms with van der Waals surface area (Å²) in [5.74, 6) is -1.10. The van der Waals surface area contributed by atoms with Crippen LogP contribution in [0.25, 0.3) is 0 Å². The van der Waals surface area contributed by atoms with E-state index in [0.717, 1.165) is 0 Å². The van der Waals surface area contributed by atoms with Gasteiger partial charge in [0.05, 0.1) is 0 Å². The molecule has 1 unspecified atom stereocenters. The number of hydrogen-bond acceptors (Lipinski definition) is 3. The highest BCUT2D eigenvalue weighted by Gasteiger charge is 2.24. The van der Waals surface area contributed by atoms with E-state index in [0.29, 0.717) is 25.9 Å². The second-order valence-electron chi connectivity index (χ2n) is 5.05. The summed E-state index contributed by atoms with van der Waals surface area (Å²) in [7, 11) is 0. The van der Waals surface area contributed by atoms with Crippen LogP contribution >= 0.6 is 0 Å². The van der Waals surface area contributed by atoms with Crippen LogP contribution in [0.2, 0.25) is 0 Å². The van der Waals surface area contributed by atoms with Gasteiger partial charge in [0.1, 0.15) is 0 Å². The van der Waals surface area contributed by atoms with Crippen LogP contribution in [-0.2, 0) is 9.59 Å². The second-order valence-corrected chi connectivity index (χ2v) is 5.05. The number of likely N-dealkylation sites (tertiary alicyclic amines) is 1. The van der Waals surface area contributed by atoms with Crippen molar-refractivity contribution < 1.29 is 19.5 Å². The summed E-state index contributed by atoms with van der Waals surface area (Å²) in [6.07, 6.45) is 1.67. The van der Waals surface area contributed by atoms with E-state index in [1.54, 1.807) is 11.8 Å². The Bertz CT molecular complexity index is 351. The number of carboxylic acid groups (broad SMARTS) is 1. The number of aliphatic carboxylic acids is 1. The first kappa shape index (κ1) is 15.3. The minimum absolute atomic E-state index is 0.112. The lowest BCUT2D eigenvalue weighted by atomic mass is 9.94. The molecule has 1 aliphatic heterocycles. The Kier molecular flexibility index (Phi) is 5.59. The van der Waals surface area contributed by atoms with Gasteiger partial charge in [-0.25, -0.2) is 4.79 Å². The molecule has 0 spiro atoms. The molecule has 0 aromatic carbocycles. The average molecular weight is 271 g/mol. The maximum atomic E-state index is 11.9. The Labute approximate surface area is 112 Å². The molecule has 0 bridgehead atoms. The van der Waals surface area contributed by atoms with Gasteiger partial charge in [0, 0.05) is 32.0 Å². The third kappa shape index (κ3) is 5.58. The number of nitrogens with two attached hydrogens (primary N) is 1. The molecule has 1 heterocycles. The highest BCUT2D eigenvalue weighted by molar-refractivity contribution is 5.77. The van der Waals surface area contributed by atoms with E-state index < -0.39 is 11.9 Å². The van der Waals surface area contributed by atoms with Gasteiger partial charge in [-0.3, -0.25) is 9.59 Å². The van der Waals surface area contributed by atoms with Gasteiger partial charge in [-0.2, -0.15) is 0 Å². The number of amides is 3. The minimum atomic E-state index is -0.794. The molecule has 4 N–H and O–H groups in total. The van der Waals surface area contributed by atoms with Crippen LogP contribution in [0.5, 0.6) is 0 Å². The Morgan fingerprint density at radius 2 is 1.95 bits per heavy atom. The number of carboxylic acids is 1. The fourth-order valence-corrected chi connectivity index (χ4v) is 2.24. The molecule has 3 amide bonds. The minimum Gasteiger partial charge on any atom is -0.481 e. The first-order valence-electron chi connectivity index (χ1n) is 6.44. The summed E-state index contributed by atoms with van der Waals surface area (Å²) in [6, 6.07) is -0.510. The lowest BCUT2D eigenvalue weighted by Gasteiger charge is -2.32. The molecule has 1 rings (SSSR count). The highest BCUT2D eigenvalue weighted by Crippen LogP contribution is 2.20. The topological polar surface area (TPSA) is 113 Å². The van der Waals surface area contributed by atoms with Crippen molar-refractivity contribution >= 4 is 17.9 Å². The van der Waals surface area contributed by atoms with Crippen LogP contribution in [0.1, 0.15) is 32.6 Å². The van der Waals surface area contributed by atoms with Gasteiger partial charge in [0.25, 0.3) is 0 Å². The van der Waals surface area contributed by atoms with Crippen LogP contribution in [0.3, 0.4) is 0 Å². The third-order valence-corrected chi connectivity index (χ3v) is 3.24. The Morgan fingerprint density at radius 1 is 1.37 bits per heavy atom. The number of piperidine rings is 1. The molecule has 0 radical (unpaired) electrons. The van der Waals surface area contributed by atoms with Crippen molar-refractivity contribution in [2.45, 2.75) is 38.6 Å². The maximum absolute atomic E-state index is 11.9. The molecule has 7 nitrogen and oxygen atoms in total. The van der Waals surface area contributed by atoms with Crippen LogP contribution in [-0.4, -0.2) is 47.0 Å². The molecule has 0 aromatic rings. The molecule has 1 fully saturated rings. The number of nitrogens with zero attached hydrogens (tertiary/aromatic N) is 1. The number of primary amides is 1. The van der Waals surface area contributed by atoms with Crippen LogP contribution in [0.15, 0.2) is 0 Å². The number of rotatable bonds is 5. The number of urea groups is 1. The molecule has 19 heavy (non-hydrogen) atoms. The fourth-order valence-electron chi connectivity index (χ4n) is 2.24. The van der Waals surface area contributed by atoms with Crippen LogP contribution in [0, 0.1) is 5.92 Å². The molecule has 0 aliphatic carbocycles. The van der Waals surface area contributed by atoms with E-state index in [9.17, 15) is 14.4 Å². The summed E-state index contributed by atoms with van der Waals surface area (Å²) in [5, 5.41) is 11.4. The van der Waals surface area contributed by atoms with Gasteiger partial charge < -0.3 is 21.1 Å². The van der Waals surface area contributed by atoms with E-state index in [2.05, 4.69) is 5.32 Å². The lowest BCUT2D eigenvalue weighted by Crippen LogP contribution is -2.48. The average Bonchev–Trinajstić information content (AvgIpc) is 2.27. The van der Waals surface area contributed by atoms with E-state index in [4.69, 9.17) is 10.8 Å². The number of hydrogen-bond donors (Lipinski definition) is 3. The summed E-state index contributed by atoms with van der Waals surface area (Å²) in [6.45, 7) is 2.82. The molecule has 1 atom stereocenters. The summed E-state index contributed by atoms with van der Waals surface area (Å²) < 4.78 is 0. The zero-order chi connectivity index (χ0) is 14.4. The molecule has 7 heteroatoms. The number of nitrogens with one attached hydrogen (secondary N) is 1. The van der Waals surface area contributed by atoms with E-state index in [1.165, 1.54) is 0 Å². The largest absolute Gasteiger partial charge is 0.481 e. The van der Waals surface area contributed by atoms with Crippen LogP contribution in [0.4, 0.5) is 4.79 Å². The molecule has 0 aromatic heterocycles. The Hall–Kier alpha value is -1.79. The molecule has 108 valence electrons. The van der Waals surface area contributed by atoms with E-state index >= 15 is 0 Å². The van der Waals surface area contributed by atoms with Gasteiger partial charge in [-0.1, -0.05) is 0 Å². The Morgan fingerprint density at radius 3 is 2.42 bits per heavy atom. The second kappa shape index (κ2) is 6.96. The predicted molar refractivity (Wildman–Crippen MR) is 68.4 cm³/mol. The standard InChI is InChI=1S/C12H21N3O4/c1-8(6-10(13)16)14-12(19)15-4-2-9(3-5-15)7-11(17)18/h8-9H,2-7H2,1H3,(H2,13,16)(H,14,19)(H,17,18). The summed E-state index contributed by atoms with van der Waals surface area (Å²) in [5.41, 5.74) is 5.05. The maximum Gasteiger partial charge on any atom is 0.317 e. The predicted octanol–water partition coefficient (Wildman–Crippen LogP) is 0.147. The van der Waals surface area contributed by atoms with Gasteiger partial charge in [0.2, 0.25) is 5.91 Å². The van der Waals surface area contributed by atoms with Crippen LogP contribution < -0.4 is 11.1 Å². The number of carbonyl (C=O) groups excluding carboxylic acids is 2. The molecular formula is C12H21N3O4. The van der Waals surface area contributed by atoms with Crippen molar-refractivity contribution in [2.24, 2.45) is 11.7 Å². The van der Waals surface area contributed by atoms with Crippen molar-refractivity contribution in [3.8, 4) is 0 Å². The van der Waals surface area contributed by atoms with Crippen molar-refractivity contribution in [1.29, 1.82) is 0 Å². The molecule has 0 saturated carbocycles. The third-order valence-electron chi connectivity index (χ3n) is 3.24. The van der Waals surface area contributed by atoms with Gasteiger partial charge >= 0.3 is 12.0 Å². The van der Waals surface area contributed by atoms with E-state index in [-0.39, 0.29) is 30.8 Å². The fraction of sp³-hybridized carbons (Fsp3) is 0.750. The quantitative estimate of drug-likeness (QED) is 0.660. The zero-order valence-electron chi connectivity index (χ0n) is 11.1. The zero-order valence-corrected chi connectivity index (χ0v) is 11.1.